The smallest absolute Gasteiger partial charge is 0.317 e. The fraction of sp³-hybridized carbons (Fsp3) is 0.533. The molecular weight excluding hydrogens is 242 g/mol. The van der Waals surface area contributed by atoms with Crippen molar-refractivity contribution in [1.82, 2.24) is 4.90 Å². The summed E-state index contributed by atoms with van der Waals surface area (Å²) < 4.78 is 5.80. The van der Waals surface area contributed by atoms with E-state index in [0.29, 0.717) is 0 Å². The zero-order chi connectivity index (χ0) is 13.5. The van der Waals surface area contributed by atoms with E-state index in [1.165, 1.54) is 5.56 Å². The van der Waals surface area contributed by atoms with Crippen LogP contribution in [-0.2, 0) is 16.0 Å². The Balaban J connectivity index is 1.58. The van der Waals surface area contributed by atoms with Crippen LogP contribution in [0.2, 0.25) is 0 Å². The van der Waals surface area contributed by atoms with Gasteiger partial charge in [0.15, 0.2) is 0 Å². The second-order valence-corrected chi connectivity index (χ2v) is 5.00. The van der Waals surface area contributed by atoms with Crippen LogP contribution in [0.5, 0.6) is 0 Å². The third-order valence-electron chi connectivity index (χ3n) is 3.39. The number of rotatable bonds is 7. The highest BCUT2D eigenvalue weighted by molar-refractivity contribution is 5.69. The number of nitrogens with zero attached hydrogens (tertiary/aromatic N) is 1. The molecule has 2 rings (SSSR count). The third-order valence-corrected chi connectivity index (χ3v) is 3.39. The minimum Gasteiger partial charge on any atom is -0.480 e. The Bertz CT molecular complexity index is 394. The molecule has 1 unspecified atom stereocenters. The van der Waals surface area contributed by atoms with Crippen molar-refractivity contribution in [2.24, 2.45) is 0 Å². The van der Waals surface area contributed by atoms with E-state index in [1.54, 1.807) is 0 Å². The average molecular weight is 263 g/mol. The number of aryl methyl sites for hydroxylation is 1. The van der Waals surface area contributed by atoms with Crippen LogP contribution in [0.3, 0.4) is 0 Å². The van der Waals surface area contributed by atoms with Gasteiger partial charge in [-0.2, -0.15) is 0 Å². The Hall–Kier alpha value is -1.39. The summed E-state index contributed by atoms with van der Waals surface area (Å²) in [5.74, 6) is -0.760. The Morgan fingerprint density at radius 3 is 2.89 bits per heavy atom. The van der Waals surface area contributed by atoms with Crippen LogP contribution in [0.4, 0.5) is 0 Å². The van der Waals surface area contributed by atoms with Crippen LogP contribution in [-0.4, -0.2) is 48.3 Å². The van der Waals surface area contributed by atoms with Gasteiger partial charge in [-0.15, -0.1) is 0 Å². The summed E-state index contributed by atoms with van der Waals surface area (Å²) in [4.78, 5) is 12.5. The predicted octanol–water partition coefficient (Wildman–Crippen LogP) is 1.79. The molecule has 4 heteroatoms. The molecule has 4 nitrogen and oxygen atoms in total. The largest absolute Gasteiger partial charge is 0.480 e. The zero-order valence-corrected chi connectivity index (χ0v) is 11.1. The minimum absolute atomic E-state index is 0.129. The molecule has 19 heavy (non-hydrogen) atoms. The van der Waals surface area contributed by atoms with Crippen molar-refractivity contribution in [2.45, 2.75) is 25.4 Å². The van der Waals surface area contributed by atoms with Gasteiger partial charge in [-0.05, 0) is 24.8 Å². The second-order valence-electron chi connectivity index (χ2n) is 5.00. The number of carboxylic acids is 1. The maximum atomic E-state index is 10.6. The maximum absolute atomic E-state index is 10.6. The van der Waals surface area contributed by atoms with E-state index in [2.05, 4.69) is 24.3 Å². The lowest BCUT2D eigenvalue weighted by Crippen LogP contribution is -2.29. The van der Waals surface area contributed by atoms with Crippen LogP contribution >= 0.6 is 0 Å². The molecule has 0 aliphatic carbocycles. The minimum atomic E-state index is -0.760. The molecule has 0 saturated carbocycles. The Labute approximate surface area is 114 Å². The van der Waals surface area contributed by atoms with Gasteiger partial charge in [-0.25, -0.2) is 0 Å². The lowest BCUT2D eigenvalue weighted by molar-refractivity contribution is -0.138. The molecule has 1 aromatic rings. The molecule has 104 valence electrons. The number of benzene rings is 1. The first-order valence-electron chi connectivity index (χ1n) is 6.84. The summed E-state index contributed by atoms with van der Waals surface area (Å²) in [6, 6.07) is 10.4. The number of hydrogen-bond donors (Lipinski definition) is 1. The van der Waals surface area contributed by atoms with Crippen molar-refractivity contribution in [2.75, 3.05) is 26.2 Å². The summed E-state index contributed by atoms with van der Waals surface area (Å²) in [5, 5.41) is 8.72. The van der Waals surface area contributed by atoms with E-state index >= 15 is 0 Å². The Morgan fingerprint density at radius 2 is 2.16 bits per heavy atom. The molecule has 1 aliphatic heterocycles. The van der Waals surface area contributed by atoms with Gasteiger partial charge in [0.2, 0.25) is 0 Å². The van der Waals surface area contributed by atoms with E-state index in [-0.39, 0.29) is 12.6 Å². The van der Waals surface area contributed by atoms with Gasteiger partial charge in [0.1, 0.15) is 0 Å². The summed E-state index contributed by atoms with van der Waals surface area (Å²) >= 11 is 0. The highest BCUT2D eigenvalue weighted by Crippen LogP contribution is 2.13. The number of hydrogen-bond acceptors (Lipinski definition) is 3. The van der Waals surface area contributed by atoms with E-state index in [9.17, 15) is 4.79 Å². The highest BCUT2D eigenvalue weighted by atomic mass is 16.5. The molecule has 0 amide bonds. The number of ether oxygens (including phenoxy) is 1. The molecule has 0 aromatic heterocycles. The van der Waals surface area contributed by atoms with Crippen molar-refractivity contribution in [3.63, 3.8) is 0 Å². The molecule has 1 aromatic carbocycles. The fourth-order valence-corrected chi connectivity index (χ4v) is 2.44. The van der Waals surface area contributed by atoms with Gasteiger partial charge >= 0.3 is 5.97 Å². The number of carbonyl (C=O) groups is 1. The first kappa shape index (κ1) is 14.0. The van der Waals surface area contributed by atoms with Gasteiger partial charge in [0.25, 0.3) is 0 Å². The van der Waals surface area contributed by atoms with Crippen molar-refractivity contribution in [3.8, 4) is 0 Å². The average Bonchev–Trinajstić information content (AvgIpc) is 2.83. The molecule has 1 aliphatic rings. The molecule has 1 heterocycles. The molecule has 0 spiro atoms. The molecule has 1 N–H and O–H groups in total. The summed E-state index contributed by atoms with van der Waals surface area (Å²) in [7, 11) is 0. The van der Waals surface area contributed by atoms with Crippen LogP contribution < -0.4 is 0 Å². The lowest BCUT2D eigenvalue weighted by atomic mass is 10.1. The van der Waals surface area contributed by atoms with Gasteiger partial charge < -0.3 is 9.84 Å². The van der Waals surface area contributed by atoms with E-state index < -0.39 is 5.97 Å². The maximum Gasteiger partial charge on any atom is 0.317 e. The molecule has 1 atom stereocenters. The van der Waals surface area contributed by atoms with Crippen LogP contribution in [0, 0.1) is 0 Å². The molecule has 1 fully saturated rings. The highest BCUT2D eigenvalue weighted by Gasteiger charge is 2.24. The lowest BCUT2D eigenvalue weighted by Gasteiger charge is -2.14. The summed E-state index contributed by atoms with van der Waals surface area (Å²) in [6.45, 7) is 2.46. The fourth-order valence-electron chi connectivity index (χ4n) is 2.44. The third kappa shape index (κ3) is 5.01. The van der Waals surface area contributed by atoms with E-state index in [0.717, 1.165) is 39.0 Å². The summed E-state index contributed by atoms with van der Waals surface area (Å²) in [5.41, 5.74) is 1.34. The predicted molar refractivity (Wildman–Crippen MR) is 73.2 cm³/mol. The molecule has 0 bridgehead atoms. The normalized spacial score (nSPS) is 19.7. The van der Waals surface area contributed by atoms with Crippen LogP contribution in [0.15, 0.2) is 30.3 Å². The van der Waals surface area contributed by atoms with Gasteiger partial charge in [-0.3, -0.25) is 9.69 Å². The van der Waals surface area contributed by atoms with Crippen molar-refractivity contribution in [3.05, 3.63) is 35.9 Å². The topological polar surface area (TPSA) is 49.8 Å². The standard InChI is InChI=1S/C15H21NO3/c17-15(18)12-16-9-8-14(11-16)19-10-4-7-13-5-2-1-3-6-13/h1-3,5-6,14H,4,7-12H2,(H,17,18). The molecule has 0 radical (unpaired) electrons. The Kier molecular flexibility index (Phi) is 5.36. The van der Waals surface area contributed by atoms with Crippen molar-refractivity contribution in [1.29, 1.82) is 0 Å². The first-order valence-corrected chi connectivity index (χ1v) is 6.84. The van der Waals surface area contributed by atoms with E-state index in [1.807, 2.05) is 11.0 Å². The Morgan fingerprint density at radius 1 is 1.37 bits per heavy atom. The monoisotopic (exact) mass is 263 g/mol. The van der Waals surface area contributed by atoms with Gasteiger partial charge in [0, 0.05) is 19.7 Å². The quantitative estimate of drug-likeness (QED) is 0.762. The van der Waals surface area contributed by atoms with Crippen molar-refractivity contribution >= 4 is 5.97 Å². The SMILES string of the molecule is O=C(O)CN1CCC(OCCCc2ccccc2)C1. The zero-order valence-electron chi connectivity index (χ0n) is 11.1. The van der Waals surface area contributed by atoms with Crippen LogP contribution in [0.25, 0.3) is 0 Å². The van der Waals surface area contributed by atoms with Gasteiger partial charge in [-0.1, -0.05) is 30.3 Å². The first-order chi connectivity index (χ1) is 9.24. The number of aliphatic carboxylic acids is 1. The van der Waals surface area contributed by atoms with Crippen molar-refractivity contribution < 1.29 is 14.6 Å². The van der Waals surface area contributed by atoms with E-state index in [4.69, 9.17) is 9.84 Å². The van der Waals surface area contributed by atoms with Gasteiger partial charge in [0.05, 0.1) is 12.6 Å². The second kappa shape index (κ2) is 7.26. The molecule has 1 saturated heterocycles. The number of likely N-dealkylation sites (tertiary alicyclic amines) is 1. The van der Waals surface area contributed by atoms with Crippen LogP contribution in [0.1, 0.15) is 18.4 Å². The molecular formula is C15H21NO3. The number of carboxylic acid groups (broad SMARTS) is 1. The summed E-state index contributed by atoms with van der Waals surface area (Å²) in [6.07, 6.45) is 3.19.